The lowest BCUT2D eigenvalue weighted by atomic mass is 10.1. The fourth-order valence-electron chi connectivity index (χ4n) is 1.75. The van der Waals surface area contributed by atoms with Crippen LogP contribution in [-0.2, 0) is 6.54 Å². The molecule has 0 bridgehead atoms. The van der Waals surface area contributed by atoms with Gasteiger partial charge in [-0.15, -0.1) is 0 Å². The Bertz CT molecular complexity index is 610. The minimum Gasteiger partial charge on any atom is -0.444 e. The summed E-state index contributed by atoms with van der Waals surface area (Å²) in [7, 11) is 0. The number of nitriles is 1. The second-order valence-electron chi connectivity index (χ2n) is 4.13. The number of aryl methyl sites for hydroxylation is 3. The summed E-state index contributed by atoms with van der Waals surface area (Å²) in [6, 6.07) is 4.04. The van der Waals surface area contributed by atoms with E-state index in [0.717, 1.165) is 17.0 Å². The molecule has 5 nitrogen and oxygen atoms in total. The molecule has 92 valence electrons. The number of aromatic nitrogens is 2. The standard InChI is InChI=1S/C13H14N4O/c1-8-4-9(2)17-13(11(8)5-14)16-7-12-15-6-10(3)18-12/h4,6H,7H2,1-3H3,(H,16,17). The summed E-state index contributed by atoms with van der Waals surface area (Å²) in [5.41, 5.74) is 2.34. The first kappa shape index (κ1) is 12.1. The lowest BCUT2D eigenvalue weighted by molar-refractivity contribution is 0.479. The molecule has 5 heteroatoms. The van der Waals surface area contributed by atoms with E-state index in [1.165, 1.54) is 0 Å². The van der Waals surface area contributed by atoms with Crippen molar-refractivity contribution in [1.29, 1.82) is 5.26 Å². The third-order valence-electron chi connectivity index (χ3n) is 2.53. The molecule has 0 radical (unpaired) electrons. The molecule has 0 aliphatic rings. The van der Waals surface area contributed by atoms with Gasteiger partial charge in [0, 0.05) is 5.69 Å². The van der Waals surface area contributed by atoms with E-state index < -0.39 is 0 Å². The minimum atomic E-state index is 0.415. The van der Waals surface area contributed by atoms with Gasteiger partial charge in [0.2, 0.25) is 5.89 Å². The molecule has 2 heterocycles. The van der Waals surface area contributed by atoms with Crippen molar-refractivity contribution < 1.29 is 4.42 Å². The van der Waals surface area contributed by atoms with Crippen molar-refractivity contribution in [3.63, 3.8) is 0 Å². The number of anilines is 1. The highest BCUT2D eigenvalue weighted by Crippen LogP contribution is 2.18. The van der Waals surface area contributed by atoms with Crippen molar-refractivity contribution in [1.82, 2.24) is 9.97 Å². The second kappa shape index (κ2) is 4.88. The van der Waals surface area contributed by atoms with Gasteiger partial charge >= 0.3 is 0 Å². The lowest BCUT2D eigenvalue weighted by Gasteiger charge is -2.08. The average Bonchev–Trinajstić information content (AvgIpc) is 2.72. The monoisotopic (exact) mass is 242 g/mol. The fourth-order valence-corrected chi connectivity index (χ4v) is 1.75. The third kappa shape index (κ3) is 2.48. The van der Waals surface area contributed by atoms with Gasteiger partial charge < -0.3 is 9.73 Å². The largest absolute Gasteiger partial charge is 0.444 e. The maximum atomic E-state index is 9.12. The van der Waals surface area contributed by atoms with Gasteiger partial charge in [0.1, 0.15) is 17.6 Å². The SMILES string of the molecule is Cc1cc(C)c(C#N)c(NCc2ncc(C)o2)n1. The van der Waals surface area contributed by atoms with E-state index in [9.17, 15) is 0 Å². The van der Waals surface area contributed by atoms with Crippen LogP contribution in [0.4, 0.5) is 5.82 Å². The highest BCUT2D eigenvalue weighted by Gasteiger charge is 2.09. The van der Waals surface area contributed by atoms with E-state index in [1.54, 1.807) is 6.20 Å². The zero-order valence-electron chi connectivity index (χ0n) is 10.6. The van der Waals surface area contributed by atoms with Gasteiger partial charge in [-0.1, -0.05) is 0 Å². The molecule has 0 aliphatic carbocycles. The zero-order valence-corrected chi connectivity index (χ0v) is 10.6. The van der Waals surface area contributed by atoms with Crippen LogP contribution in [-0.4, -0.2) is 9.97 Å². The van der Waals surface area contributed by atoms with Crippen LogP contribution in [0.25, 0.3) is 0 Å². The van der Waals surface area contributed by atoms with Crippen LogP contribution >= 0.6 is 0 Å². The van der Waals surface area contributed by atoms with Crippen molar-refractivity contribution in [3.8, 4) is 6.07 Å². The molecule has 0 spiro atoms. The summed E-state index contributed by atoms with van der Waals surface area (Å²) in [5, 5.41) is 12.2. The van der Waals surface area contributed by atoms with Crippen molar-refractivity contribution >= 4 is 5.82 Å². The number of rotatable bonds is 3. The second-order valence-corrected chi connectivity index (χ2v) is 4.13. The van der Waals surface area contributed by atoms with Gasteiger partial charge in [-0.2, -0.15) is 5.26 Å². The molecule has 1 N–H and O–H groups in total. The van der Waals surface area contributed by atoms with Crippen LogP contribution in [0.5, 0.6) is 0 Å². The molecule has 2 aromatic rings. The van der Waals surface area contributed by atoms with Gasteiger partial charge in [-0.05, 0) is 32.4 Å². The third-order valence-corrected chi connectivity index (χ3v) is 2.53. The average molecular weight is 242 g/mol. The van der Waals surface area contributed by atoms with Gasteiger partial charge in [0.15, 0.2) is 0 Å². The van der Waals surface area contributed by atoms with Crippen molar-refractivity contribution in [2.24, 2.45) is 0 Å². The van der Waals surface area contributed by atoms with Crippen molar-refractivity contribution in [2.45, 2.75) is 27.3 Å². The van der Waals surface area contributed by atoms with Crippen molar-refractivity contribution in [2.75, 3.05) is 5.32 Å². The van der Waals surface area contributed by atoms with Gasteiger partial charge in [-0.25, -0.2) is 9.97 Å². The maximum Gasteiger partial charge on any atom is 0.213 e. The Balaban J connectivity index is 2.21. The fraction of sp³-hybridized carbons (Fsp3) is 0.308. The Morgan fingerprint density at radius 2 is 2.17 bits per heavy atom. The number of pyridine rings is 1. The maximum absolute atomic E-state index is 9.12. The highest BCUT2D eigenvalue weighted by molar-refractivity contribution is 5.56. The number of hydrogen-bond acceptors (Lipinski definition) is 5. The molecule has 0 unspecified atom stereocenters. The molecule has 18 heavy (non-hydrogen) atoms. The Kier molecular flexibility index (Phi) is 3.28. The van der Waals surface area contributed by atoms with E-state index in [-0.39, 0.29) is 0 Å². The summed E-state index contributed by atoms with van der Waals surface area (Å²) in [5.74, 6) is 1.92. The van der Waals surface area contributed by atoms with E-state index in [1.807, 2.05) is 26.8 Å². The zero-order chi connectivity index (χ0) is 13.1. The van der Waals surface area contributed by atoms with E-state index in [4.69, 9.17) is 9.68 Å². The summed E-state index contributed by atoms with van der Waals surface area (Å²) >= 11 is 0. The smallest absolute Gasteiger partial charge is 0.213 e. The quantitative estimate of drug-likeness (QED) is 0.894. The molecule has 2 rings (SSSR count). The first-order valence-electron chi connectivity index (χ1n) is 5.63. The lowest BCUT2D eigenvalue weighted by Crippen LogP contribution is -2.05. The topological polar surface area (TPSA) is 74.7 Å². The Morgan fingerprint density at radius 1 is 1.39 bits per heavy atom. The van der Waals surface area contributed by atoms with Crippen LogP contribution in [0.1, 0.15) is 28.5 Å². The van der Waals surface area contributed by atoms with Crippen LogP contribution in [0.2, 0.25) is 0 Å². The molecule has 2 aromatic heterocycles. The molecule has 0 fully saturated rings. The molecular weight excluding hydrogens is 228 g/mol. The number of oxazole rings is 1. The first-order chi connectivity index (χ1) is 8.60. The Morgan fingerprint density at radius 3 is 2.78 bits per heavy atom. The predicted molar refractivity (Wildman–Crippen MR) is 67.0 cm³/mol. The number of nitrogens with zero attached hydrogens (tertiary/aromatic N) is 3. The molecule has 0 aromatic carbocycles. The molecule has 0 saturated heterocycles. The van der Waals surface area contributed by atoms with Gasteiger partial charge in [-0.3, -0.25) is 0 Å². The molecule has 0 saturated carbocycles. The Labute approximate surface area is 105 Å². The van der Waals surface area contributed by atoms with E-state index in [0.29, 0.717) is 23.8 Å². The Hall–Kier alpha value is -2.35. The number of hydrogen-bond donors (Lipinski definition) is 1. The molecule has 0 amide bonds. The normalized spacial score (nSPS) is 10.1. The van der Waals surface area contributed by atoms with Crippen LogP contribution in [0, 0.1) is 32.1 Å². The van der Waals surface area contributed by atoms with Gasteiger partial charge in [0.05, 0.1) is 18.3 Å². The predicted octanol–water partition coefficient (Wildman–Crippen LogP) is 2.48. The molecule has 0 atom stereocenters. The number of nitrogens with one attached hydrogen (secondary N) is 1. The minimum absolute atomic E-state index is 0.415. The summed E-state index contributed by atoms with van der Waals surface area (Å²) < 4.78 is 5.35. The van der Waals surface area contributed by atoms with Crippen LogP contribution in [0.15, 0.2) is 16.7 Å². The van der Waals surface area contributed by atoms with Crippen LogP contribution < -0.4 is 5.32 Å². The highest BCUT2D eigenvalue weighted by atomic mass is 16.4. The van der Waals surface area contributed by atoms with Gasteiger partial charge in [0.25, 0.3) is 0 Å². The van der Waals surface area contributed by atoms with E-state index in [2.05, 4.69) is 21.4 Å². The van der Waals surface area contributed by atoms with Crippen LogP contribution in [0.3, 0.4) is 0 Å². The summed E-state index contributed by atoms with van der Waals surface area (Å²) in [4.78, 5) is 8.41. The van der Waals surface area contributed by atoms with E-state index >= 15 is 0 Å². The molecule has 0 aliphatic heterocycles. The summed E-state index contributed by atoms with van der Waals surface area (Å²) in [6.07, 6.45) is 1.66. The first-order valence-corrected chi connectivity index (χ1v) is 5.63. The summed E-state index contributed by atoms with van der Waals surface area (Å²) in [6.45, 7) is 6.05. The molecular formula is C13H14N4O. The van der Waals surface area contributed by atoms with Crippen molar-refractivity contribution in [3.05, 3.63) is 40.7 Å².